The number of anilines is 1. The fourth-order valence-electron chi connectivity index (χ4n) is 3.14. The molecular weight excluding hydrogens is 324 g/mol. The highest BCUT2D eigenvalue weighted by Crippen LogP contribution is 2.29. The van der Waals surface area contributed by atoms with Crippen molar-refractivity contribution in [3.05, 3.63) is 58.1 Å². The molecule has 1 amide bonds. The van der Waals surface area contributed by atoms with Gasteiger partial charge in [0.05, 0.1) is 0 Å². The van der Waals surface area contributed by atoms with Gasteiger partial charge in [0.2, 0.25) is 5.91 Å². The van der Waals surface area contributed by atoms with Gasteiger partial charge in [-0.1, -0.05) is 26.0 Å². The lowest BCUT2D eigenvalue weighted by molar-refractivity contribution is -0.114. The third kappa shape index (κ3) is 4.86. The average molecular weight is 350 g/mol. The molecule has 0 aliphatic rings. The molecule has 0 aliphatic heterocycles. The highest BCUT2D eigenvalue weighted by Gasteiger charge is 2.12. The minimum absolute atomic E-state index is 0.0561. The first-order valence-corrected chi connectivity index (χ1v) is 8.82. The zero-order valence-corrected chi connectivity index (χ0v) is 16.1. The summed E-state index contributed by atoms with van der Waals surface area (Å²) in [6.45, 7) is 9.97. The molecule has 0 heterocycles. The molecule has 0 radical (unpaired) electrons. The van der Waals surface area contributed by atoms with Gasteiger partial charge < -0.3 is 10.1 Å². The third-order valence-electron chi connectivity index (χ3n) is 4.40. The van der Waals surface area contributed by atoms with Crippen molar-refractivity contribution in [1.82, 2.24) is 0 Å². The van der Waals surface area contributed by atoms with Crippen LogP contribution in [0.3, 0.4) is 0 Å². The Labute approximate surface area is 155 Å². The van der Waals surface area contributed by atoms with Crippen LogP contribution < -0.4 is 10.1 Å². The number of ether oxygens (including phenoxy) is 1. The Morgan fingerprint density at radius 3 is 2.38 bits per heavy atom. The molecule has 0 spiro atoms. The summed E-state index contributed by atoms with van der Waals surface area (Å²) in [5.74, 6) is 0.995. The molecule has 1 N–H and O–H groups in total. The van der Waals surface area contributed by atoms with Gasteiger partial charge in [-0.15, -0.1) is 0 Å². The Morgan fingerprint density at radius 2 is 1.85 bits per heavy atom. The lowest BCUT2D eigenvalue weighted by Crippen LogP contribution is -2.09. The lowest BCUT2D eigenvalue weighted by atomic mass is 9.92. The normalized spacial score (nSPS) is 10.5. The number of carbonyl (C=O) groups is 1. The first-order chi connectivity index (χ1) is 12.3. The van der Waals surface area contributed by atoms with Crippen LogP contribution in [0.1, 0.15) is 54.5 Å². The van der Waals surface area contributed by atoms with Crippen LogP contribution in [0.2, 0.25) is 0 Å². The topological polar surface area (TPSA) is 62.1 Å². The summed E-state index contributed by atoms with van der Waals surface area (Å²) in [4.78, 5) is 11.4. The predicted octanol–water partition coefficient (Wildman–Crippen LogP) is 4.88. The van der Waals surface area contributed by atoms with E-state index in [2.05, 4.69) is 45.1 Å². The van der Waals surface area contributed by atoms with Crippen LogP contribution in [0.5, 0.6) is 5.75 Å². The smallest absolute Gasteiger partial charge is 0.221 e. The summed E-state index contributed by atoms with van der Waals surface area (Å²) in [6.07, 6.45) is 0.816. The maximum absolute atomic E-state index is 11.4. The summed E-state index contributed by atoms with van der Waals surface area (Å²) in [6, 6.07) is 12.2. The number of nitriles is 1. The second kappa shape index (κ2) is 8.53. The monoisotopic (exact) mass is 350 g/mol. The van der Waals surface area contributed by atoms with Gasteiger partial charge in [-0.25, -0.2) is 0 Å². The summed E-state index contributed by atoms with van der Waals surface area (Å²) in [5.41, 5.74) is 6.79. The van der Waals surface area contributed by atoms with Crippen molar-refractivity contribution < 1.29 is 9.53 Å². The van der Waals surface area contributed by atoms with E-state index in [1.165, 1.54) is 18.1 Å². The van der Waals surface area contributed by atoms with Gasteiger partial charge in [0.1, 0.15) is 11.8 Å². The maximum Gasteiger partial charge on any atom is 0.221 e. The van der Waals surface area contributed by atoms with Crippen LogP contribution in [-0.4, -0.2) is 12.5 Å². The minimum Gasteiger partial charge on any atom is -0.479 e. The average Bonchev–Trinajstić information content (AvgIpc) is 2.56. The van der Waals surface area contributed by atoms with Crippen molar-refractivity contribution in [3.63, 3.8) is 0 Å². The minimum atomic E-state index is -0.0562. The van der Waals surface area contributed by atoms with Gasteiger partial charge in [0.25, 0.3) is 0 Å². The number of amides is 1. The molecular formula is C22H26N2O2. The maximum atomic E-state index is 11.4. The fraction of sp³-hybridized carbons (Fsp3) is 0.364. The van der Waals surface area contributed by atoms with E-state index in [1.54, 1.807) is 0 Å². The van der Waals surface area contributed by atoms with Gasteiger partial charge in [0, 0.05) is 12.6 Å². The Kier molecular flexibility index (Phi) is 6.41. The predicted molar refractivity (Wildman–Crippen MR) is 105 cm³/mol. The molecule has 0 aliphatic carbocycles. The molecule has 0 saturated carbocycles. The van der Waals surface area contributed by atoms with Crippen LogP contribution in [0.25, 0.3) is 0 Å². The molecule has 0 fully saturated rings. The molecule has 2 aromatic rings. The zero-order valence-electron chi connectivity index (χ0n) is 16.1. The van der Waals surface area contributed by atoms with E-state index in [0.29, 0.717) is 5.92 Å². The zero-order chi connectivity index (χ0) is 19.3. The first kappa shape index (κ1) is 19.5. The number of hydrogen-bond acceptors (Lipinski definition) is 3. The van der Waals surface area contributed by atoms with Crippen molar-refractivity contribution in [1.29, 1.82) is 5.26 Å². The molecule has 0 bridgehead atoms. The fourth-order valence-corrected chi connectivity index (χ4v) is 3.14. The molecule has 0 saturated heterocycles. The van der Waals surface area contributed by atoms with E-state index in [1.807, 2.05) is 24.3 Å². The quantitative estimate of drug-likeness (QED) is 0.808. The highest BCUT2D eigenvalue weighted by molar-refractivity contribution is 5.89. The number of benzene rings is 2. The van der Waals surface area contributed by atoms with Crippen LogP contribution in [0.4, 0.5) is 5.69 Å². The number of nitrogens with one attached hydrogen (secondary N) is 1. The number of hydrogen-bond donors (Lipinski definition) is 1. The molecule has 2 aromatic carbocycles. The third-order valence-corrected chi connectivity index (χ3v) is 4.40. The van der Waals surface area contributed by atoms with E-state index in [4.69, 9.17) is 10.00 Å². The van der Waals surface area contributed by atoms with E-state index in [0.717, 1.165) is 34.5 Å². The first-order valence-electron chi connectivity index (χ1n) is 8.82. The van der Waals surface area contributed by atoms with Gasteiger partial charge in [-0.05, 0) is 72.2 Å². The van der Waals surface area contributed by atoms with Crippen molar-refractivity contribution in [2.24, 2.45) is 0 Å². The Hall–Kier alpha value is -2.80. The Balaban J connectivity index is 2.32. The van der Waals surface area contributed by atoms with Crippen LogP contribution in [0, 0.1) is 25.2 Å². The Bertz CT molecular complexity index is 825. The number of rotatable bonds is 6. The van der Waals surface area contributed by atoms with Gasteiger partial charge in [-0.2, -0.15) is 5.26 Å². The number of aryl methyl sites for hydroxylation is 2. The van der Waals surface area contributed by atoms with Crippen molar-refractivity contribution in [2.45, 2.75) is 47.0 Å². The second-order valence-corrected chi connectivity index (χ2v) is 6.92. The van der Waals surface area contributed by atoms with E-state index < -0.39 is 0 Å². The Morgan fingerprint density at radius 1 is 1.19 bits per heavy atom. The standard InChI is InChI=1S/C22H26N2O2/c1-14(2)20-12-18(6-7-22(20)24-17(5)25)13-21-15(3)10-19(11-16(21)4)26-9-8-23/h6-7,10-12,14H,9,13H2,1-5H3,(H,24,25). The van der Waals surface area contributed by atoms with Crippen molar-refractivity contribution in [3.8, 4) is 11.8 Å². The molecule has 26 heavy (non-hydrogen) atoms. The summed E-state index contributed by atoms with van der Waals surface area (Å²) in [5, 5.41) is 11.6. The van der Waals surface area contributed by atoms with Crippen molar-refractivity contribution in [2.75, 3.05) is 11.9 Å². The van der Waals surface area contributed by atoms with Crippen LogP contribution >= 0.6 is 0 Å². The van der Waals surface area contributed by atoms with Crippen molar-refractivity contribution >= 4 is 11.6 Å². The molecule has 0 aromatic heterocycles. The molecule has 136 valence electrons. The molecule has 0 unspecified atom stereocenters. The van der Waals surface area contributed by atoms with E-state index in [-0.39, 0.29) is 12.5 Å². The molecule has 0 atom stereocenters. The summed E-state index contributed by atoms with van der Waals surface area (Å²) in [7, 11) is 0. The largest absolute Gasteiger partial charge is 0.479 e. The lowest BCUT2D eigenvalue weighted by Gasteiger charge is -2.17. The number of nitrogens with zero attached hydrogens (tertiary/aromatic N) is 1. The molecule has 4 heteroatoms. The number of carbonyl (C=O) groups excluding carboxylic acids is 1. The SMILES string of the molecule is CC(=O)Nc1ccc(Cc2c(C)cc(OCC#N)cc2C)cc1C(C)C. The second-order valence-electron chi connectivity index (χ2n) is 6.92. The van der Waals surface area contributed by atoms with Gasteiger partial charge in [0.15, 0.2) is 6.61 Å². The summed E-state index contributed by atoms with van der Waals surface area (Å²) < 4.78 is 5.42. The van der Waals surface area contributed by atoms with E-state index >= 15 is 0 Å². The van der Waals surface area contributed by atoms with Crippen LogP contribution in [0.15, 0.2) is 30.3 Å². The van der Waals surface area contributed by atoms with E-state index in [9.17, 15) is 4.79 Å². The molecule has 2 rings (SSSR count). The van der Waals surface area contributed by atoms with Crippen LogP contribution in [-0.2, 0) is 11.2 Å². The van der Waals surface area contributed by atoms with Gasteiger partial charge >= 0.3 is 0 Å². The summed E-state index contributed by atoms with van der Waals surface area (Å²) >= 11 is 0. The molecule has 4 nitrogen and oxygen atoms in total. The van der Waals surface area contributed by atoms with Gasteiger partial charge in [-0.3, -0.25) is 4.79 Å². The highest BCUT2D eigenvalue weighted by atomic mass is 16.5.